The van der Waals surface area contributed by atoms with Crippen molar-refractivity contribution >= 4 is 0 Å². The first kappa shape index (κ1) is 15.3. The van der Waals surface area contributed by atoms with E-state index in [4.69, 9.17) is 0 Å². The maximum atomic E-state index is 9.41. The van der Waals surface area contributed by atoms with E-state index < -0.39 is 0 Å². The van der Waals surface area contributed by atoms with E-state index in [0.717, 1.165) is 18.8 Å². The average molecular weight is 289 g/mol. The molecule has 0 spiro atoms. The Labute approximate surface area is 129 Å². The third kappa shape index (κ3) is 3.27. The summed E-state index contributed by atoms with van der Waals surface area (Å²) in [5, 5.41) is 17.0. The molecular weight excluding hydrogens is 258 g/mol. The average Bonchev–Trinajstić information content (AvgIpc) is 3.18. The van der Waals surface area contributed by atoms with E-state index >= 15 is 0 Å². The maximum absolute atomic E-state index is 9.41. The zero-order valence-electron chi connectivity index (χ0n) is 13.7. The third-order valence-corrected chi connectivity index (χ3v) is 6.20. The van der Waals surface area contributed by atoms with E-state index in [2.05, 4.69) is 30.6 Å². The van der Waals surface area contributed by atoms with Crippen LogP contribution in [0, 0.1) is 28.6 Å². The van der Waals surface area contributed by atoms with Gasteiger partial charge in [-0.1, -0.05) is 26.7 Å². The third-order valence-electron chi connectivity index (χ3n) is 6.20. The Hall–Kier alpha value is -0.590. The zero-order chi connectivity index (χ0) is 14.9. The minimum atomic E-state index is 0.0698. The molecule has 5 unspecified atom stereocenters. The van der Waals surface area contributed by atoms with E-state index in [1.54, 1.807) is 0 Å². The molecule has 3 aliphatic rings. The monoisotopic (exact) mass is 289 g/mol. The van der Waals surface area contributed by atoms with Gasteiger partial charge in [0, 0.05) is 12.1 Å². The first-order valence-electron chi connectivity index (χ1n) is 9.10. The van der Waals surface area contributed by atoms with Gasteiger partial charge in [0.05, 0.1) is 17.6 Å². The van der Waals surface area contributed by atoms with Crippen LogP contribution < -0.4 is 10.6 Å². The van der Waals surface area contributed by atoms with Crippen LogP contribution in [0.25, 0.3) is 0 Å². The molecule has 3 rings (SSSR count). The van der Waals surface area contributed by atoms with Gasteiger partial charge in [-0.2, -0.15) is 5.26 Å². The van der Waals surface area contributed by atoms with E-state index in [-0.39, 0.29) is 5.41 Å². The van der Waals surface area contributed by atoms with Gasteiger partial charge in [-0.15, -0.1) is 0 Å². The number of nitrogens with one attached hydrogen (secondary N) is 2. The Bertz CT molecular complexity index is 396. The highest BCUT2D eigenvalue weighted by molar-refractivity contribution is 5.15. The van der Waals surface area contributed by atoms with E-state index in [0.29, 0.717) is 24.2 Å². The number of hydrogen-bond acceptors (Lipinski definition) is 3. The van der Waals surface area contributed by atoms with Gasteiger partial charge in [0.15, 0.2) is 0 Å². The zero-order valence-corrected chi connectivity index (χ0v) is 13.7. The topological polar surface area (TPSA) is 47.9 Å². The molecule has 1 aliphatic heterocycles. The lowest BCUT2D eigenvalue weighted by Crippen LogP contribution is -2.41. The second-order valence-electron chi connectivity index (χ2n) is 7.85. The van der Waals surface area contributed by atoms with Crippen molar-refractivity contribution in [2.45, 2.75) is 89.9 Å². The standard InChI is InChI=1S/C18H31N3/c1-3-4-13(2)5-8-17-20-15-7-6-14(11-16(15)21-17)18(12-19)9-10-18/h13-17,20-21H,3-11H2,1-2H3. The number of nitrogens with zero attached hydrogens (tertiary/aromatic N) is 1. The highest BCUT2D eigenvalue weighted by atomic mass is 15.2. The van der Waals surface area contributed by atoms with Gasteiger partial charge < -0.3 is 0 Å². The number of nitriles is 1. The minimum Gasteiger partial charge on any atom is -0.298 e. The summed E-state index contributed by atoms with van der Waals surface area (Å²) < 4.78 is 0. The van der Waals surface area contributed by atoms with Crippen LogP contribution in [0.4, 0.5) is 0 Å². The van der Waals surface area contributed by atoms with Gasteiger partial charge in [0.25, 0.3) is 0 Å². The lowest BCUT2D eigenvalue weighted by molar-refractivity contribution is 0.226. The van der Waals surface area contributed by atoms with Crippen molar-refractivity contribution in [3.63, 3.8) is 0 Å². The molecule has 0 bridgehead atoms. The first-order valence-corrected chi connectivity index (χ1v) is 9.10. The molecule has 21 heavy (non-hydrogen) atoms. The molecule has 3 nitrogen and oxygen atoms in total. The molecule has 0 aromatic heterocycles. The van der Waals surface area contributed by atoms with Crippen molar-refractivity contribution in [2.75, 3.05) is 0 Å². The molecule has 5 atom stereocenters. The van der Waals surface area contributed by atoms with Crippen LogP contribution in [0.1, 0.15) is 71.6 Å². The highest BCUT2D eigenvalue weighted by Gasteiger charge is 2.53. The van der Waals surface area contributed by atoms with Crippen molar-refractivity contribution in [1.82, 2.24) is 10.6 Å². The maximum Gasteiger partial charge on any atom is 0.0692 e. The summed E-state index contributed by atoms with van der Waals surface area (Å²) in [7, 11) is 0. The van der Waals surface area contributed by atoms with Crippen LogP contribution >= 0.6 is 0 Å². The summed E-state index contributed by atoms with van der Waals surface area (Å²) in [5.41, 5.74) is 0.0698. The molecular formula is C18H31N3. The van der Waals surface area contributed by atoms with Gasteiger partial charge in [0.1, 0.15) is 0 Å². The van der Waals surface area contributed by atoms with Crippen molar-refractivity contribution in [3.8, 4) is 6.07 Å². The van der Waals surface area contributed by atoms with Crippen molar-refractivity contribution in [3.05, 3.63) is 0 Å². The minimum absolute atomic E-state index is 0.0698. The Morgan fingerprint density at radius 3 is 2.62 bits per heavy atom. The Balaban J connectivity index is 1.47. The molecule has 3 heteroatoms. The van der Waals surface area contributed by atoms with Crippen molar-refractivity contribution in [2.24, 2.45) is 17.3 Å². The van der Waals surface area contributed by atoms with Gasteiger partial charge in [-0.05, 0) is 56.8 Å². The molecule has 1 saturated heterocycles. The number of hydrogen-bond donors (Lipinski definition) is 2. The molecule has 0 radical (unpaired) electrons. The second kappa shape index (κ2) is 6.26. The van der Waals surface area contributed by atoms with Crippen molar-refractivity contribution in [1.29, 1.82) is 5.26 Å². The van der Waals surface area contributed by atoms with Crippen LogP contribution in [0.2, 0.25) is 0 Å². The number of rotatable bonds is 6. The smallest absolute Gasteiger partial charge is 0.0692 e. The molecule has 0 amide bonds. The predicted molar refractivity (Wildman–Crippen MR) is 85.6 cm³/mol. The Morgan fingerprint density at radius 2 is 1.95 bits per heavy atom. The summed E-state index contributed by atoms with van der Waals surface area (Å²) in [6.45, 7) is 4.66. The van der Waals surface area contributed by atoms with E-state index in [1.807, 2.05) is 0 Å². The lowest BCUT2D eigenvalue weighted by Gasteiger charge is -2.33. The summed E-state index contributed by atoms with van der Waals surface area (Å²) in [4.78, 5) is 0. The molecule has 2 N–H and O–H groups in total. The summed E-state index contributed by atoms with van der Waals surface area (Å²) in [6, 6.07) is 3.89. The normalized spacial score (nSPS) is 38.5. The van der Waals surface area contributed by atoms with E-state index in [1.165, 1.54) is 44.9 Å². The van der Waals surface area contributed by atoms with E-state index in [9.17, 15) is 5.26 Å². The fourth-order valence-electron chi connectivity index (χ4n) is 4.62. The first-order chi connectivity index (χ1) is 10.2. The largest absolute Gasteiger partial charge is 0.298 e. The van der Waals surface area contributed by atoms with Crippen LogP contribution in [-0.2, 0) is 0 Å². The number of fused-ring (bicyclic) bond motifs is 1. The molecule has 118 valence electrons. The molecule has 3 fully saturated rings. The molecule has 1 heterocycles. The van der Waals surface area contributed by atoms with Crippen LogP contribution in [0.5, 0.6) is 0 Å². The van der Waals surface area contributed by atoms with Gasteiger partial charge in [0.2, 0.25) is 0 Å². The summed E-state index contributed by atoms with van der Waals surface area (Å²) >= 11 is 0. The molecule has 2 aliphatic carbocycles. The van der Waals surface area contributed by atoms with Crippen LogP contribution in [0.15, 0.2) is 0 Å². The van der Waals surface area contributed by atoms with Gasteiger partial charge in [-0.25, -0.2) is 0 Å². The van der Waals surface area contributed by atoms with Crippen LogP contribution in [-0.4, -0.2) is 18.2 Å². The van der Waals surface area contributed by atoms with Gasteiger partial charge in [-0.3, -0.25) is 10.6 Å². The Kier molecular flexibility index (Phi) is 4.57. The summed E-state index contributed by atoms with van der Waals surface area (Å²) in [6.07, 6.45) is 11.8. The quantitative estimate of drug-likeness (QED) is 0.786. The molecule has 0 aromatic carbocycles. The molecule has 2 saturated carbocycles. The highest BCUT2D eigenvalue weighted by Crippen LogP contribution is 2.56. The fraction of sp³-hybridized carbons (Fsp3) is 0.944. The second-order valence-corrected chi connectivity index (χ2v) is 7.85. The SMILES string of the molecule is CCCC(C)CCC1NC2CCC(C3(C#N)CC3)CC2N1. The van der Waals surface area contributed by atoms with Crippen LogP contribution in [0.3, 0.4) is 0 Å². The lowest BCUT2D eigenvalue weighted by atomic mass is 9.75. The Morgan fingerprint density at radius 1 is 1.19 bits per heavy atom. The molecule has 0 aromatic rings. The van der Waals surface area contributed by atoms with Gasteiger partial charge >= 0.3 is 0 Å². The fourth-order valence-corrected chi connectivity index (χ4v) is 4.62. The van der Waals surface area contributed by atoms with Crippen molar-refractivity contribution < 1.29 is 0 Å². The summed E-state index contributed by atoms with van der Waals surface area (Å²) in [5.74, 6) is 1.50. The predicted octanol–water partition coefficient (Wildman–Crippen LogP) is 3.56.